The van der Waals surface area contributed by atoms with Gasteiger partial charge < -0.3 is 0 Å². The van der Waals surface area contributed by atoms with Crippen molar-refractivity contribution in [3.63, 3.8) is 0 Å². The zero-order valence-electron chi connectivity index (χ0n) is 14.4. The van der Waals surface area contributed by atoms with Crippen LogP contribution in [-0.2, 0) is 11.8 Å². The number of rotatable bonds is 5. The van der Waals surface area contributed by atoms with Crippen LogP contribution in [0.4, 0.5) is 5.13 Å². The second-order valence-electron chi connectivity index (χ2n) is 6.08. The normalized spacial score (nSPS) is 11.4. The van der Waals surface area contributed by atoms with Gasteiger partial charge in [-0.1, -0.05) is 38.1 Å². The molecule has 1 aromatic carbocycles. The Hall–Kier alpha value is -2.73. The zero-order valence-corrected chi connectivity index (χ0v) is 15.2. The van der Waals surface area contributed by atoms with Crippen molar-refractivity contribution in [3.8, 4) is 11.3 Å². The lowest BCUT2D eigenvalue weighted by Crippen LogP contribution is -2.07. The molecule has 0 saturated carbocycles. The Balaban J connectivity index is 1.65. The van der Waals surface area contributed by atoms with Gasteiger partial charge in [0, 0.05) is 35.8 Å². The average molecular weight is 352 g/mol. The molecule has 3 rings (SSSR count). The molecule has 0 fully saturated rings. The molecule has 25 heavy (non-hydrogen) atoms. The van der Waals surface area contributed by atoms with Crippen LogP contribution in [0.15, 0.2) is 48.1 Å². The molecule has 0 saturated heterocycles. The predicted molar refractivity (Wildman–Crippen MR) is 103 cm³/mol. The van der Waals surface area contributed by atoms with Gasteiger partial charge in [0.15, 0.2) is 5.13 Å². The first-order valence-corrected chi connectivity index (χ1v) is 8.93. The fourth-order valence-electron chi connectivity index (χ4n) is 2.35. The Morgan fingerprint density at radius 3 is 2.68 bits per heavy atom. The number of hydrogen-bond donors (Lipinski definition) is 1. The van der Waals surface area contributed by atoms with Crippen molar-refractivity contribution < 1.29 is 4.79 Å². The van der Waals surface area contributed by atoms with Gasteiger partial charge in [0.2, 0.25) is 5.91 Å². The molecule has 0 aliphatic rings. The Morgan fingerprint density at radius 2 is 2.04 bits per heavy atom. The highest BCUT2D eigenvalue weighted by molar-refractivity contribution is 7.14. The van der Waals surface area contributed by atoms with E-state index in [0.717, 1.165) is 16.8 Å². The van der Waals surface area contributed by atoms with E-state index in [9.17, 15) is 4.79 Å². The zero-order chi connectivity index (χ0) is 17.8. The highest BCUT2D eigenvalue weighted by Crippen LogP contribution is 2.26. The first kappa shape index (κ1) is 17.1. The van der Waals surface area contributed by atoms with Crippen molar-refractivity contribution >= 4 is 28.5 Å². The van der Waals surface area contributed by atoms with Crippen molar-refractivity contribution in [1.82, 2.24) is 14.8 Å². The van der Waals surface area contributed by atoms with Crippen LogP contribution in [0.2, 0.25) is 0 Å². The summed E-state index contributed by atoms with van der Waals surface area (Å²) >= 11 is 1.42. The number of nitrogens with one attached hydrogen (secondary N) is 1. The summed E-state index contributed by atoms with van der Waals surface area (Å²) in [6.07, 6.45) is 6.75. The standard InChI is InChI=1S/C19H20N4OS/c1-13(2)15-5-7-16(8-6-15)17-12-25-19(21-17)22-18(24)9-4-14-10-20-23(3)11-14/h4-13H,1-3H3,(H,21,22,24). The molecular weight excluding hydrogens is 332 g/mol. The van der Waals surface area contributed by atoms with Crippen LogP contribution in [-0.4, -0.2) is 20.7 Å². The largest absolute Gasteiger partial charge is 0.298 e. The number of aromatic nitrogens is 3. The van der Waals surface area contributed by atoms with Crippen LogP contribution >= 0.6 is 11.3 Å². The van der Waals surface area contributed by atoms with E-state index in [4.69, 9.17) is 0 Å². The monoisotopic (exact) mass is 352 g/mol. The van der Waals surface area contributed by atoms with Gasteiger partial charge in [0.1, 0.15) is 0 Å². The van der Waals surface area contributed by atoms with Crippen LogP contribution in [0.5, 0.6) is 0 Å². The molecule has 6 heteroatoms. The van der Waals surface area contributed by atoms with E-state index in [1.807, 2.05) is 18.6 Å². The number of carbonyl (C=O) groups is 1. The third kappa shape index (κ3) is 4.42. The molecule has 1 N–H and O–H groups in total. The Bertz CT molecular complexity index is 890. The molecule has 0 aliphatic heterocycles. The van der Waals surface area contributed by atoms with Crippen molar-refractivity contribution in [1.29, 1.82) is 0 Å². The van der Waals surface area contributed by atoms with E-state index in [1.54, 1.807) is 17.0 Å². The van der Waals surface area contributed by atoms with Gasteiger partial charge >= 0.3 is 0 Å². The second kappa shape index (κ2) is 7.44. The lowest BCUT2D eigenvalue weighted by Gasteiger charge is -2.05. The van der Waals surface area contributed by atoms with Gasteiger partial charge in [-0.05, 0) is 17.6 Å². The van der Waals surface area contributed by atoms with E-state index >= 15 is 0 Å². The molecular formula is C19H20N4OS. The molecule has 0 spiro atoms. The molecule has 128 valence electrons. The molecule has 2 aromatic heterocycles. The van der Waals surface area contributed by atoms with E-state index in [0.29, 0.717) is 11.0 Å². The quantitative estimate of drug-likeness (QED) is 0.696. The number of anilines is 1. The lowest BCUT2D eigenvalue weighted by atomic mass is 10.0. The van der Waals surface area contributed by atoms with Crippen LogP contribution in [0, 0.1) is 0 Å². The van der Waals surface area contributed by atoms with E-state index in [1.165, 1.54) is 23.0 Å². The maximum Gasteiger partial charge on any atom is 0.250 e. The topological polar surface area (TPSA) is 59.8 Å². The van der Waals surface area contributed by atoms with Crippen LogP contribution in [0.1, 0.15) is 30.9 Å². The summed E-state index contributed by atoms with van der Waals surface area (Å²) in [6.45, 7) is 4.34. The second-order valence-corrected chi connectivity index (χ2v) is 6.94. The molecule has 0 bridgehead atoms. The van der Waals surface area contributed by atoms with Crippen LogP contribution < -0.4 is 5.32 Å². The van der Waals surface area contributed by atoms with Gasteiger partial charge in [-0.2, -0.15) is 5.10 Å². The summed E-state index contributed by atoms with van der Waals surface area (Å²) in [5.41, 5.74) is 4.09. The number of thiazole rings is 1. The molecule has 0 unspecified atom stereocenters. The average Bonchev–Trinajstić information content (AvgIpc) is 3.22. The fraction of sp³-hybridized carbons (Fsp3) is 0.211. The van der Waals surface area contributed by atoms with Gasteiger partial charge in [0.25, 0.3) is 0 Å². The van der Waals surface area contributed by atoms with E-state index in [-0.39, 0.29) is 5.91 Å². The number of nitrogens with zero attached hydrogens (tertiary/aromatic N) is 3. The first-order valence-electron chi connectivity index (χ1n) is 8.05. The minimum absolute atomic E-state index is 0.208. The van der Waals surface area contributed by atoms with Crippen molar-refractivity contribution in [2.24, 2.45) is 7.05 Å². The van der Waals surface area contributed by atoms with Gasteiger partial charge in [0.05, 0.1) is 11.9 Å². The summed E-state index contributed by atoms with van der Waals surface area (Å²) in [4.78, 5) is 16.5. The lowest BCUT2D eigenvalue weighted by molar-refractivity contribution is -0.111. The molecule has 3 aromatic rings. The molecule has 0 radical (unpaired) electrons. The minimum Gasteiger partial charge on any atom is -0.298 e. The predicted octanol–water partition coefficient (Wildman–Crippen LogP) is 4.32. The Labute approximate surface area is 151 Å². The third-order valence-corrected chi connectivity index (χ3v) is 4.52. The molecule has 0 aliphatic carbocycles. The molecule has 1 amide bonds. The van der Waals surface area contributed by atoms with Gasteiger partial charge in [-0.25, -0.2) is 4.98 Å². The van der Waals surface area contributed by atoms with Crippen molar-refractivity contribution in [3.05, 3.63) is 59.2 Å². The molecule has 0 atom stereocenters. The number of amides is 1. The SMILES string of the molecule is CC(C)c1ccc(-c2csc(NC(=O)C=Cc3cnn(C)c3)n2)cc1. The summed E-state index contributed by atoms with van der Waals surface area (Å²) in [5.74, 6) is 0.297. The first-order chi connectivity index (χ1) is 12.0. The highest BCUT2D eigenvalue weighted by Gasteiger charge is 2.07. The summed E-state index contributed by atoms with van der Waals surface area (Å²) in [6, 6.07) is 8.37. The van der Waals surface area contributed by atoms with Crippen molar-refractivity contribution in [2.45, 2.75) is 19.8 Å². The Kier molecular flexibility index (Phi) is 5.09. The number of benzene rings is 1. The number of aryl methyl sites for hydroxylation is 1. The van der Waals surface area contributed by atoms with E-state index < -0.39 is 0 Å². The van der Waals surface area contributed by atoms with E-state index in [2.05, 4.69) is 53.5 Å². The summed E-state index contributed by atoms with van der Waals surface area (Å²) in [5, 5.41) is 9.39. The third-order valence-electron chi connectivity index (χ3n) is 3.76. The summed E-state index contributed by atoms with van der Waals surface area (Å²) < 4.78 is 1.69. The van der Waals surface area contributed by atoms with Crippen LogP contribution in [0.25, 0.3) is 17.3 Å². The molecule has 2 heterocycles. The number of carbonyl (C=O) groups excluding carboxylic acids is 1. The van der Waals surface area contributed by atoms with Crippen LogP contribution in [0.3, 0.4) is 0 Å². The summed E-state index contributed by atoms with van der Waals surface area (Å²) in [7, 11) is 1.84. The number of hydrogen-bond acceptors (Lipinski definition) is 4. The minimum atomic E-state index is -0.208. The maximum absolute atomic E-state index is 12.0. The fourth-order valence-corrected chi connectivity index (χ4v) is 3.07. The maximum atomic E-state index is 12.0. The Morgan fingerprint density at radius 1 is 1.28 bits per heavy atom. The molecule has 5 nitrogen and oxygen atoms in total. The van der Waals surface area contributed by atoms with Gasteiger partial charge in [-0.3, -0.25) is 14.8 Å². The highest BCUT2D eigenvalue weighted by atomic mass is 32.1. The smallest absolute Gasteiger partial charge is 0.250 e. The van der Waals surface area contributed by atoms with Gasteiger partial charge in [-0.15, -0.1) is 11.3 Å². The van der Waals surface area contributed by atoms with Crippen molar-refractivity contribution in [2.75, 3.05) is 5.32 Å².